The molecule has 0 saturated heterocycles. The van der Waals surface area contributed by atoms with E-state index in [0.29, 0.717) is 5.82 Å². The third-order valence-corrected chi connectivity index (χ3v) is 2.33. The van der Waals surface area contributed by atoms with Crippen LogP contribution in [0, 0.1) is 13.8 Å². The smallest absolute Gasteiger partial charge is 0.149 e. The average Bonchev–Trinajstić information content (AvgIpc) is 2.11. The number of aromatic nitrogens is 2. The highest BCUT2D eigenvalue weighted by Gasteiger charge is 2.09. The molecule has 0 bridgehead atoms. The predicted molar refractivity (Wildman–Crippen MR) is 56.3 cm³/mol. The van der Waals surface area contributed by atoms with Crippen molar-refractivity contribution in [2.24, 2.45) is 0 Å². The molecule has 1 rings (SSSR count). The van der Waals surface area contributed by atoms with Gasteiger partial charge in [0.25, 0.3) is 0 Å². The zero-order valence-electron chi connectivity index (χ0n) is 9.07. The summed E-state index contributed by atoms with van der Waals surface area (Å²) in [5, 5.41) is 20.4. The van der Waals surface area contributed by atoms with Gasteiger partial charge in [0.2, 0.25) is 0 Å². The SMILES string of the molecule is Cc1cc(NC(C)C(C)O)nnc1C. The first-order chi connectivity index (χ1) is 6.50. The monoisotopic (exact) mass is 195 g/mol. The lowest BCUT2D eigenvalue weighted by molar-refractivity contribution is 0.177. The molecule has 0 radical (unpaired) electrons. The molecule has 0 saturated carbocycles. The van der Waals surface area contributed by atoms with Crippen LogP contribution in [0.1, 0.15) is 25.1 Å². The van der Waals surface area contributed by atoms with E-state index in [9.17, 15) is 5.11 Å². The molecule has 1 heterocycles. The van der Waals surface area contributed by atoms with Gasteiger partial charge in [-0.1, -0.05) is 0 Å². The first-order valence-corrected chi connectivity index (χ1v) is 4.76. The van der Waals surface area contributed by atoms with Crippen molar-refractivity contribution in [3.05, 3.63) is 17.3 Å². The van der Waals surface area contributed by atoms with Gasteiger partial charge in [-0.25, -0.2) is 0 Å². The minimum absolute atomic E-state index is 0.0218. The van der Waals surface area contributed by atoms with Gasteiger partial charge in [-0.3, -0.25) is 0 Å². The van der Waals surface area contributed by atoms with Gasteiger partial charge in [-0.05, 0) is 39.3 Å². The molecule has 1 aromatic rings. The zero-order valence-corrected chi connectivity index (χ0v) is 9.07. The van der Waals surface area contributed by atoms with Crippen molar-refractivity contribution in [2.45, 2.75) is 39.8 Å². The van der Waals surface area contributed by atoms with E-state index < -0.39 is 6.10 Å². The summed E-state index contributed by atoms with van der Waals surface area (Å²) in [6.45, 7) is 7.56. The van der Waals surface area contributed by atoms with E-state index in [1.807, 2.05) is 26.8 Å². The molecule has 0 amide bonds. The van der Waals surface area contributed by atoms with Crippen LogP contribution in [-0.2, 0) is 0 Å². The van der Waals surface area contributed by atoms with E-state index >= 15 is 0 Å². The molecule has 0 aliphatic carbocycles. The molecule has 0 aliphatic heterocycles. The summed E-state index contributed by atoms with van der Waals surface area (Å²) in [5.74, 6) is 0.710. The van der Waals surface area contributed by atoms with Crippen LogP contribution in [0.4, 0.5) is 5.82 Å². The van der Waals surface area contributed by atoms with Gasteiger partial charge < -0.3 is 10.4 Å². The molecule has 4 heteroatoms. The Morgan fingerprint density at radius 2 is 1.93 bits per heavy atom. The maximum Gasteiger partial charge on any atom is 0.149 e. The Labute approximate surface area is 84.4 Å². The summed E-state index contributed by atoms with van der Waals surface area (Å²) in [5.41, 5.74) is 2.03. The summed E-state index contributed by atoms with van der Waals surface area (Å²) >= 11 is 0. The van der Waals surface area contributed by atoms with E-state index in [4.69, 9.17) is 0 Å². The molecular formula is C10H17N3O. The first kappa shape index (κ1) is 10.9. The topological polar surface area (TPSA) is 58.0 Å². The zero-order chi connectivity index (χ0) is 10.7. The number of aliphatic hydroxyl groups is 1. The van der Waals surface area contributed by atoms with Crippen molar-refractivity contribution in [1.82, 2.24) is 10.2 Å². The van der Waals surface area contributed by atoms with Crippen LogP contribution in [0.3, 0.4) is 0 Å². The number of hydrogen-bond acceptors (Lipinski definition) is 4. The molecule has 0 aliphatic rings. The quantitative estimate of drug-likeness (QED) is 0.762. The van der Waals surface area contributed by atoms with Gasteiger partial charge >= 0.3 is 0 Å². The fraction of sp³-hybridized carbons (Fsp3) is 0.600. The van der Waals surface area contributed by atoms with E-state index in [2.05, 4.69) is 15.5 Å². The van der Waals surface area contributed by atoms with Crippen LogP contribution in [-0.4, -0.2) is 27.4 Å². The van der Waals surface area contributed by atoms with Gasteiger partial charge in [0, 0.05) is 0 Å². The molecule has 1 aromatic heterocycles. The Morgan fingerprint density at radius 3 is 2.43 bits per heavy atom. The Kier molecular flexibility index (Phi) is 3.41. The summed E-state index contributed by atoms with van der Waals surface area (Å²) in [4.78, 5) is 0. The highest BCUT2D eigenvalue weighted by atomic mass is 16.3. The Balaban J connectivity index is 2.73. The van der Waals surface area contributed by atoms with Gasteiger partial charge in [0.1, 0.15) is 5.82 Å². The molecule has 14 heavy (non-hydrogen) atoms. The number of nitrogens with zero attached hydrogens (tertiary/aromatic N) is 2. The molecule has 0 aromatic carbocycles. The second kappa shape index (κ2) is 4.37. The van der Waals surface area contributed by atoms with Crippen LogP contribution in [0.25, 0.3) is 0 Å². The highest BCUT2D eigenvalue weighted by molar-refractivity contribution is 5.38. The van der Waals surface area contributed by atoms with Crippen LogP contribution < -0.4 is 5.32 Å². The standard InChI is InChI=1S/C10H17N3O/c1-6-5-10(13-12-7(6)2)11-8(3)9(4)14/h5,8-9,14H,1-4H3,(H,11,13). The Hall–Kier alpha value is -1.16. The third-order valence-electron chi connectivity index (χ3n) is 2.33. The van der Waals surface area contributed by atoms with Gasteiger partial charge in [-0.2, -0.15) is 5.10 Å². The summed E-state index contributed by atoms with van der Waals surface area (Å²) < 4.78 is 0. The lowest BCUT2D eigenvalue weighted by Gasteiger charge is -2.17. The van der Waals surface area contributed by atoms with Gasteiger partial charge in [0.05, 0.1) is 17.8 Å². The maximum atomic E-state index is 9.30. The van der Waals surface area contributed by atoms with Crippen molar-refractivity contribution in [2.75, 3.05) is 5.32 Å². The van der Waals surface area contributed by atoms with Gasteiger partial charge in [-0.15, -0.1) is 5.10 Å². The lowest BCUT2D eigenvalue weighted by atomic mass is 10.2. The van der Waals surface area contributed by atoms with E-state index in [1.54, 1.807) is 6.92 Å². The minimum Gasteiger partial charge on any atom is -0.391 e. The lowest BCUT2D eigenvalue weighted by Crippen LogP contribution is -2.28. The average molecular weight is 195 g/mol. The molecule has 2 atom stereocenters. The van der Waals surface area contributed by atoms with Crippen LogP contribution >= 0.6 is 0 Å². The van der Waals surface area contributed by atoms with Crippen molar-refractivity contribution < 1.29 is 5.11 Å². The molecule has 4 nitrogen and oxygen atoms in total. The van der Waals surface area contributed by atoms with Crippen molar-refractivity contribution in [1.29, 1.82) is 0 Å². The molecule has 2 N–H and O–H groups in total. The molecule has 0 spiro atoms. The molecule has 2 unspecified atom stereocenters. The van der Waals surface area contributed by atoms with Crippen LogP contribution in [0.2, 0.25) is 0 Å². The summed E-state index contributed by atoms with van der Waals surface area (Å²) in [6.07, 6.45) is -0.404. The normalized spacial score (nSPS) is 14.9. The summed E-state index contributed by atoms with van der Waals surface area (Å²) in [7, 11) is 0. The predicted octanol–water partition coefficient (Wildman–Crippen LogP) is 1.27. The molecule has 78 valence electrons. The largest absolute Gasteiger partial charge is 0.391 e. The number of aliphatic hydroxyl groups excluding tert-OH is 1. The maximum absolute atomic E-state index is 9.30. The number of aryl methyl sites for hydroxylation is 2. The number of hydrogen-bond donors (Lipinski definition) is 2. The molecular weight excluding hydrogens is 178 g/mol. The second-order valence-electron chi connectivity index (χ2n) is 3.67. The number of anilines is 1. The third kappa shape index (κ3) is 2.67. The van der Waals surface area contributed by atoms with Crippen LogP contribution in [0.15, 0.2) is 6.07 Å². The minimum atomic E-state index is -0.404. The van der Waals surface area contributed by atoms with Crippen molar-refractivity contribution >= 4 is 5.82 Å². The Morgan fingerprint density at radius 1 is 1.29 bits per heavy atom. The van der Waals surface area contributed by atoms with E-state index in [1.165, 1.54) is 0 Å². The highest BCUT2D eigenvalue weighted by Crippen LogP contribution is 2.09. The van der Waals surface area contributed by atoms with E-state index in [-0.39, 0.29) is 6.04 Å². The van der Waals surface area contributed by atoms with E-state index in [0.717, 1.165) is 11.3 Å². The number of nitrogens with one attached hydrogen (secondary N) is 1. The van der Waals surface area contributed by atoms with Crippen molar-refractivity contribution in [3.63, 3.8) is 0 Å². The van der Waals surface area contributed by atoms with Crippen molar-refractivity contribution in [3.8, 4) is 0 Å². The number of rotatable bonds is 3. The second-order valence-corrected chi connectivity index (χ2v) is 3.67. The molecule has 0 fully saturated rings. The Bertz CT molecular complexity index is 312. The van der Waals surface area contributed by atoms with Gasteiger partial charge in [0.15, 0.2) is 0 Å². The summed E-state index contributed by atoms with van der Waals surface area (Å²) in [6, 6.07) is 1.91. The fourth-order valence-corrected chi connectivity index (χ4v) is 0.971. The fourth-order valence-electron chi connectivity index (χ4n) is 0.971. The van der Waals surface area contributed by atoms with Crippen LogP contribution in [0.5, 0.6) is 0 Å². The first-order valence-electron chi connectivity index (χ1n) is 4.76.